The van der Waals surface area contributed by atoms with Gasteiger partial charge in [-0.05, 0) is 104 Å². The smallest absolute Gasteiger partial charge is 0.0714 e. The van der Waals surface area contributed by atoms with Crippen LogP contribution in [0.3, 0.4) is 0 Å². The molecule has 0 amide bonds. The lowest BCUT2D eigenvalue weighted by Crippen LogP contribution is -2.30. The van der Waals surface area contributed by atoms with Crippen LogP contribution >= 0.6 is 0 Å². The summed E-state index contributed by atoms with van der Waals surface area (Å²) in [6.07, 6.45) is 8.15. The molecule has 2 heteroatoms. The Bertz CT molecular complexity index is 1670. The monoisotopic (exact) mass is 566 g/mol. The molecular weight excluding hydrogens is 520 g/mol. The second-order valence-electron chi connectivity index (χ2n) is 12.5. The third-order valence-electron chi connectivity index (χ3n) is 9.56. The van der Waals surface area contributed by atoms with Gasteiger partial charge in [-0.1, -0.05) is 126 Å². The lowest BCUT2D eigenvalue weighted by molar-refractivity contribution is 0.753. The summed E-state index contributed by atoms with van der Waals surface area (Å²) in [5.74, 6) is 0. The quantitative estimate of drug-likeness (QED) is 0.162. The first-order valence-electron chi connectivity index (χ1n) is 16.4. The number of nitrogens with two attached hydrogens (primary N) is 2. The van der Waals surface area contributed by atoms with Crippen LogP contribution in [-0.4, -0.2) is 0 Å². The summed E-state index contributed by atoms with van der Waals surface area (Å²) in [7, 11) is 0. The number of fused-ring (bicyclic) bond motifs is 4. The number of nitrogen functional groups attached to an aromatic ring is 2. The van der Waals surface area contributed by atoms with Crippen LogP contribution in [-0.2, 0) is 31.1 Å². The van der Waals surface area contributed by atoms with Crippen molar-refractivity contribution in [3.8, 4) is 11.1 Å². The van der Waals surface area contributed by atoms with Gasteiger partial charge >= 0.3 is 0 Å². The second kappa shape index (κ2) is 11.9. The van der Waals surface area contributed by atoms with E-state index >= 15 is 0 Å². The van der Waals surface area contributed by atoms with E-state index in [2.05, 4.69) is 113 Å². The van der Waals surface area contributed by atoms with E-state index in [9.17, 15) is 0 Å². The molecule has 0 unspecified atom stereocenters. The topological polar surface area (TPSA) is 52.0 Å². The van der Waals surface area contributed by atoms with E-state index in [-0.39, 0.29) is 0 Å². The Labute approximate surface area is 258 Å². The normalized spacial score (nSPS) is 13.3. The lowest BCUT2D eigenvalue weighted by Gasteiger charge is -2.36. The van der Waals surface area contributed by atoms with Gasteiger partial charge in [-0.15, -0.1) is 0 Å². The number of hydrogen-bond donors (Lipinski definition) is 2. The molecule has 0 spiro atoms. The van der Waals surface area contributed by atoms with Crippen LogP contribution in [0.2, 0.25) is 0 Å². The highest BCUT2D eigenvalue weighted by atomic mass is 14.6. The molecule has 0 saturated carbocycles. The zero-order chi connectivity index (χ0) is 30.1. The maximum atomic E-state index is 6.90. The Morgan fingerprint density at radius 2 is 0.884 bits per heavy atom. The van der Waals surface area contributed by atoms with Gasteiger partial charge in [0, 0.05) is 11.4 Å². The number of benzene rings is 5. The van der Waals surface area contributed by atoms with E-state index in [0.29, 0.717) is 0 Å². The number of aryl methyl sites for hydroxylation is 4. The summed E-state index contributed by atoms with van der Waals surface area (Å²) in [5, 5.41) is 2.55. The van der Waals surface area contributed by atoms with Crippen LogP contribution in [0.4, 0.5) is 11.4 Å². The molecule has 0 saturated heterocycles. The third kappa shape index (κ3) is 4.72. The maximum absolute atomic E-state index is 6.90. The van der Waals surface area contributed by atoms with Crippen molar-refractivity contribution in [1.29, 1.82) is 0 Å². The molecule has 220 valence electrons. The highest BCUT2D eigenvalue weighted by molar-refractivity contribution is 5.96. The van der Waals surface area contributed by atoms with Crippen LogP contribution in [0, 0.1) is 0 Å². The molecular formula is C41H46N2. The van der Waals surface area contributed by atoms with Gasteiger partial charge in [-0.25, -0.2) is 0 Å². The fraction of sp³-hybridized carbons (Fsp3) is 0.317. The fourth-order valence-electron chi connectivity index (χ4n) is 7.65. The van der Waals surface area contributed by atoms with Gasteiger partial charge in [0.05, 0.1) is 5.41 Å². The summed E-state index contributed by atoms with van der Waals surface area (Å²) in [6, 6.07) is 32.5. The average Bonchev–Trinajstić information content (AvgIpc) is 3.30. The van der Waals surface area contributed by atoms with Gasteiger partial charge in [-0.3, -0.25) is 0 Å². The maximum Gasteiger partial charge on any atom is 0.0714 e. The number of anilines is 2. The Kier molecular flexibility index (Phi) is 8.05. The van der Waals surface area contributed by atoms with Gasteiger partial charge in [0.15, 0.2) is 0 Å². The average molecular weight is 567 g/mol. The summed E-state index contributed by atoms with van der Waals surface area (Å²) in [6.45, 7) is 9.01. The van der Waals surface area contributed by atoms with Gasteiger partial charge < -0.3 is 11.5 Å². The number of hydrogen-bond acceptors (Lipinski definition) is 2. The van der Waals surface area contributed by atoms with Crippen molar-refractivity contribution in [2.24, 2.45) is 0 Å². The first kappa shape index (κ1) is 29.1. The summed E-state index contributed by atoms with van der Waals surface area (Å²) in [4.78, 5) is 0. The molecule has 0 radical (unpaired) electrons. The summed E-state index contributed by atoms with van der Waals surface area (Å²) in [5.41, 5.74) is 28.4. The molecule has 5 aromatic rings. The lowest BCUT2D eigenvalue weighted by atomic mass is 9.66. The van der Waals surface area contributed by atoms with Crippen molar-refractivity contribution in [2.75, 3.05) is 11.5 Å². The Morgan fingerprint density at radius 1 is 0.465 bits per heavy atom. The Hall–Kier alpha value is -4.04. The zero-order valence-electron chi connectivity index (χ0n) is 26.4. The van der Waals surface area contributed by atoms with Crippen molar-refractivity contribution < 1.29 is 0 Å². The molecule has 0 aliphatic heterocycles. The van der Waals surface area contributed by atoms with E-state index in [0.717, 1.165) is 62.7 Å². The minimum Gasteiger partial charge on any atom is -0.398 e. The predicted molar refractivity (Wildman–Crippen MR) is 186 cm³/mol. The number of rotatable bonds is 10. The molecule has 1 aliphatic carbocycles. The van der Waals surface area contributed by atoms with Crippen LogP contribution in [0.25, 0.3) is 21.9 Å². The largest absolute Gasteiger partial charge is 0.398 e. The van der Waals surface area contributed by atoms with Crippen LogP contribution < -0.4 is 11.5 Å². The Morgan fingerprint density at radius 3 is 1.35 bits per heavy atom. The fourth-order valence-corrected chi connectivity index (χ4v) is 7.65. The van der Waals surface area contributed by atoms with Crippen molar-refractivity contribution in [3.63, 3.8) is 0 Å². The van der Waals surface area contributed by atoms with Crippen molar-refractivity contribution in [2.45, 2.75) is 84.5 Å². The second-order valence-corrected chi connectivity index (χ2v) is 12.5. The van der Waals surface area contributed by atoms with E-state index in [1.54, 1.807) is 0 Å². The molecule has 0 heterocycles. The van der Waals surface area contributed by atoms with Gasteiger partial charge in [0.2, 0.25) is 0 Å². The van der Waals surface area contributed by atoms with Gasteiger partial charge in [-0.2, -0.15) is 0 Å². The molecule has 0 fully saturated rings. The van der Waals surface area contributed by atoms with E-state index < -0.39 is 5.41 Å². The van der Waals surface area contributed by atoms with E-state index in [1.807, 2.05) is 0 Å². The van der Waals surface area contributed by atoms with E-state index in [1.165, 1.54) is 66.4 Å². The van der Waals surface area contributed by atoms with Crippen LogP contribution in [0.15, 0.2) is 84.9 Å². The Balaban J connectivity index is 1.81. The van der Waals surface area contributed by atoms with Gasteiger partial charge in [0.25, 0.3) is 0 Å². The molecule has 2 nitrogen and oxygen atoms in total. The first-order chi connectivity index (χ1) is 21.0. The molecule has 43 heavy (non-hydrogen) atoms. The first-order valence-corrected chi connectivity index (χ1v) is 16.4. The summed E-state index contributed by atoms with van der Waals surface area (Å²) >= 11 is 0. The SMILES string of the molecule is CCCc1cc(C2(c3cc(CCC)c(N)c(CCC)c3)c3ccccc3-c3cc4ccccc4cc32)cc(CCC)c1N. The standard InChI is InChI=1S/C41H46N2/c1-5-13-29-21-33(22-30(14-6-2)39(29)42)41(34-23-31(15-7-3)40(43)32(24-34)16-8-4)37-20-12-11-19-35(37)36-25-27-17-9-10-18-28(27)26-38(36)41/h9-12,17-26H,5-8,13-16,42-43H2,1-4H3. The zero-order valence-corrected chi connectivity index (χ0v) is 26.4. The summed E-state index contributed by atoms with van der Waals surface area (Å²) < 4.78 is 0. The van der Waals surface area contributed by atoms with Crippen molar-refractivity contribution >= 4 is 22.1 Å². The molecule has 6 rings (SSSR count). The van der Waals surface area contributed by atoms with Crippen LogP contribution in [0.5, 0.6) is 0 Å². The predicted octanol–water partition coefficient (Wildman–Crippen LogP) is 10.2. The third-order valence-corrected chi connectivity index (χ3v) is 9.56. The molecule has 0 atom stereocenters. The molecule has 4 N–H and O–H groups in total. The van der Waals surface area contributed by atoms with Crippen molar-refractivity contribution in [1.82, 2.24) is 0 Å². The molecule has 1 aliphatic rings. The highest BCUT2D eigenvalue weighted by Crippen LogP contribution is 2.58. The van der Waals surface area contributed by atoms with Crippen LogP contribution in [0.1, 0.15) is 97.9 Å². The van der Waals surface area contributed by atoms with Crippen molar-refractivity contribution in [3.05, 3.63) is 129 Å². The highest BCUT2D eigenvalue weighted by Gasteiger charge is 2.47. The molecule has 0 aromatic heterocycles. The minimum absolute atomic E-state index is 0.479. The van der Waals surface area contributed by atoms with E-state index in [4.69, 9.17) is 11.5 Å². The molecule has 5 aromatic carbocycles. The van der Waals surface area contributed by atoms with Gasteiger partial charge in [0.1, 0.15) is 0 Å². The minimum atomic E-state index is -0.479. The molecule has 0 bridgehead atoms.